The van der Waals surface area contributed by atoms with Gasteiger partial charge in [0, 0.05) is 42.2 Å². The number of phenols is 1. The van der Waals surface area contributed by atoms with Crippen molar-refractivity contribution in [3.63, 3.8) is 0 Å². The zero-order chi connectivity index (χ0) is 23.8. The fourth-order valence-electron chi connectivity index (χ4n) is 4.99. The Labute approximate surface area is 197 Å². The van der Waals surface area contributed by atoms with E-state index in [9.17, 15) is 5.11 Å². The molecule has 0 aliphatic rings. The highest BCUT2D eigenvalue weighted by Crippen LogP contribution is 2.35. The highest BCUT2D eigenvalue weighted by atomic mass is 16.3. The van der Waals surface area contributed by atoms with E-state index >= 15 is 0 Å². The van der Waals surface area contributed by atoms with Gasteiger partial charge in [0.1, 0.15) is 5.75 Å². The van der Waals surface area contributed by atoms with Crippen LogP contribution in [0.1, 0.15) is 84.4 Å². The maximum atomic E-state index is 10.9. The van der Waals surface area contributed by atoms with Crippen LogP contribution < -0.4 is 0 Å². The van der Waals surface area contributed by atoms with Crippen molar-refractivity contribution in [2.24, 2.45) is 0 Å². The first-order valence-electron chi connectivity index (χ1n) is 12.5. The second-order valence-corrected chi connectivity index (χ2v) is 10.2. The second kappa shape index (κ2) is 12.4. The zero-order valence-corrected chi connectivity index (χ0v) is 21.7. The summed E-state index contributed by atoms with van der Waals surface area (Å²) in [5.74, 6) is 0.593. The summed E-state index contributed by atoms with van der Waals surface area (Å²) in [6.45, 7) is 20.2. The van der Waals surface area contributed by atoms with Crippen molar-refractivity contribution >= 4 is 0 Å². The third kappa shape index (κ3) is 7.35. The number of phenolic OH excluding ortho intramolecular Hbond substituents is 1. The Bertz CT molecular complexity index is 782. The smallest absolute Gasteiger partial charge is 0.119 e. The maximum absolute atomic E-state index is 10.9. The van der Waals surface area contributed by atoms with Gasteiger partial charge in [-0.05, 0) is 92.0 Å². The summed E-state index contributed by atoms with van der Waals surface area (Å²) in [4.78, 5) is 5.07. The molecule has 1 atom stereocenters. The van der Waals surface area contributed by atoms with Gasteiger partial charge in [-0.15, -0.1) is 0 Å². The lowest BCUT2D eigenvalue weighted by Gasteiger charge is -2.32. The van der Waals surface area contributed by atoms with Crippen LogP contribution in [0.15, 0.2) is 48.5 Å². The molecule has 0 amide bonds. The van der Waals surface area contributed by atoms with Crippen LogP contribution in [0.4, 0.5) is 0 Å². The van der Waals surface area contributed by atoms with Gasteiger partial charge in [-0.25, -0.2) is 0 Å². The first kappa shape index (κ1) is 26.4. The number of nitrogens with zero attached hydrogens (tertiary/aromatic N) is 2. The first-order valence-corrected chi connectivity index (χ1v) is 12.5. The molecule has 3 heteroatoms. The Hall–Kier alpha value is -1.84. The molecule has 0 unspecified atom stereocenters. The van der Waals surface area contributed by atoms with E-state index in [0.717, 1.165) is 31.5 Å². The molecule has 0 saturated carbocycles. The lowest BCUT2D eigenvalue weighted by atomic mass is 9.86. The van der Waals surface area contributed by atoms with Crippen LogP contribution in [0, 0.1) is 0 Å². The van der Waals surface area contributed by atoms with E-state index in [1.165, 1.54) is 11.1 Å². The summed E-state index contributed by atoms with van der Waals surface area (Å²) < 4.78 is 0. The molecule has 32 heavy (non-hydrogen) atoms. The van der Waals surface area contributed by atoms with Gasteiger partial charge in [0.05, 0.1) is 0 Å². The van der Waals surface area contributed by atoms with Crippen LogP contribution in [-0.4, -0.2) is 52.2 Å². The standard InChI is InChI=1S/C29H46N2O/c1-21(2)30(22(3)4)18-16-25-14-15-29(32)28(20-25)27(26-12-10-9-11-13-26)17-19-31(23(5)6)24(7)8/h9-15,20-24,27,32H,16-19H2,1-8H3/t27-/m1/s1. The summed E-state index contributed by atoms with van der Waals surface area (Å²) in [6, 6.07) is 19.0. The SMILES string of the molecule is CC(C)N(CCc1ccc(O)c([C@H](CCN(C(C)C)C(C)C)c2ccccc2)c1)C(C)C. The van der Waals surface area contributed by atoms with Crippen molar-refractivity contribution < 1.29 is 5.11 Å². The van der Waals surface area contributed by atoms with E-state index in [1.54, 1.807) is 0 Å². The van der Waals surface area contributed by atoms with Crippen LogP contribution >= 0.6 is 0 Å². The Morgan fingerprint density at radius 3 is 1.75 bits per heavy atom. The molecule has 2 rings (SSSR count). The Morgan fingerprint density at radius 1 is 0.688 bits per heavy atom. The topological polar surface area (TPSA) is 26.7 Å². The number of hydrogen-bond donors (Lipinski definition) is 1. The summed E-state index contributed by atoms with van der Waals surface area (Å²) in [7, 11) is 0. The Kier molecular flexibility index (Phi) is 10.2. The van der Waals surface area contributed by atoms with Gasteiger partial charge in [-0.2, -0.15) is 0 Å². The van der Waals surface area contributed by atoms with Crippen LogP contribution in [0.2, 0.25) is 0 Å². The lowest BCUT2D eigenvalue weighted by molar-refractivity contribution is 0.170. The largest absolute Gasteiger partial charge is 0.508 e. The Morgan fingerprint density at radius 2 is 1.22 bits per heavy atom. The predicted octanol–water partition coefficient (Wildman–Crippen LogP) is 6.69. The molecule has 0 aromatic heterocycles. The van der Waals surface area contributed by atoms with Crippen LogP contribution in [0.3, 0.4) is 0 Å². The average molecular weight is 439 g/mol. The lowest BCUT2D eigenvalue weighted by Crippen LogP contribution is -2.38. The molecule has 0 aliphatic carbocycles. The van der Waals surface area contributed by atoms with Gasteiger partial charge >= 0.3 is 0 Å². The van der Waals surface area contributed by atoms with Gasteiger partial charge in [0.15, 0.2) is 0 Å². The van der Waals surface area contributed by atoms with Gasteiger partial charge < -0.3 is 5.11 Å². The molecule has 0 fully saturated rings. The monoisotopic (exact) mass is 438 g/mol. The van der Waals surface area contributed by atoms with E-state index < -0.39 is 0 Å². The molecule has 2 aromatic carbocycles. The average Bonchev–Trinajstić information content (AvgIpc) is 2.72. The van der Waals surface area contributed by atoms with Crippen molar-refractivity contribution in [1.82, 2.24) is 9.80 Å². The fourth-order valence-corrected chi connectivity index (χ4v) is 4.99. The number of aromatic hydroxyl groups is 1. The van der Waals surface area contributed by atoms with Crippen molar-refractivity contribution in [3.8, 4) is 5.75 Å². The first-order chi connectivity index (χ1) is 15.1. The maximum Gasteiger partial charge on any atom is 0.119 e. The van der Waals surface area contributed by atoms with E-state index in [1.807, 2.05) is 6.07 Å². The summed E-state index contributed by atoms with van der Waals surface area (Å²) in [6.07, 6.45) is 1.98. The molecule has 0 radical (unpaired) electrons. The summed E-state index contributed by atoms with van der Waals surface area (Å²) in [5, 5.41) is 10.9. The minimum atomic E-state index is 0.183. The molecule has 0 aliphatic heterocycles. The molecular formula is C29H46N2O. The van der Waals surface area contributed by atoms with E-state index in [4.69, 9.17) is 0 Å². The third-order valence-corrected chi connectivity index (χ3v) is 6.66. The molecule has 0 spiro atoms. The van der Waals surface area contributed by atoms with Gasteiger partial charge in [0.25, 0.3) is 0 Å². The predicted molar refractivity (Wildman–Crippen MR) is 139 cm³/mol. The van der Waals surface area contributed by atoms with Crippen LogP contribution in [0.5, 0.6) is 5.75 Å². The highest BCUT2D eigenvalue weighted by Gasteiger charge is 2.22. The molecule has 0 bridgehead atoms. The number of hydrogen-bond acceptors (Lipinski definition) is 3. The molecule has 178 valence electrons. The summed E-state index contributed by atoms with van der Waals surface area (Å²) in [5.41, 5.74) is 3.63. The Balaban J connectivity index is 2.31. The molecule has 0 saturated heterocycles. The van der Waals surface area contributed by atoms with Gasteiger partial charge in [-0.1, -0.05) is 42.5 Å². The molecular weight excluding hydrogens is 392 g/mol. The third-order valence-electron chi connectivity index (χ3n) is 6.66. The molecule has 0 heterocycles. The molecule has 3 nitrogen and oxygen atoms in total. The highest BCUT2D eigenvalue weighted by molar-refractivity contribution is 5.44. The van der Waals surface area contributed by atoms with Crippen LogP contribution in [-0.2, 0) is 6.42 Å². The number of benzene rings is 2. The number of rotatable bonds is 12. The van der Waals surface area contributed by atoms with E-state index in [-0.39, 0.29) is 5.92 Å². The quantitative estimate of drug-likeness (QED) is 0.400. The minimum absolute atomic E-state index is 0.183. The molecule has 1 N–H and O–H groups in total. The van der Waals surface area contributed by atoms with E-state index in [2.05, 4.69) is 108 Å². The van der Waals surface area contributed by atoms with E-state index in [0.29, 0.717) is 29.9 Å². The fraction of sp³-hybridized carbons (Fsp3) is 0.586. The van der Waals surface area contributed by atoms with Gasteiger partial charge in [-0.3, -0.25) is 9.80 Å². The molecule has 2 aromatic rings. The van der Waals surface area contributed by atoms with Crippen LogP contribution in [0.25, 0.3) is 0 Å². The van der Waals surface area contributed by atoms with Crippen molar-refractivity contribution in [1.29, 1.82) is 0 Å². The normalized spacial score (nSPS) is 13.3. The van der Waals surface area contributed by atoms with Gasteiger partial charge in [0.2, 0.25) is 0 Å². The zero-order valence-electron chi connectivity index (χ0n) is 21.7. The van der Waals surface area contributed by atoms with Crippen molar-refractivity contribution in [2.75, 3.05) is 13.1 Å². The van der Waals surface area contributed by atoms with Crippen molar-refractivity contribution in [3.05, 3.63) is 65.2 Å². The van der Waals surface area contributed by atoms with Crippen molar-refractivity contribution in [2.45, 2.75) is 98.3 Å². The minimum Gasteiger partial charge on any atom is -0.508 e. The second-order valence-electron chi connectivity index (χ2n) is 10.2. The summed E-state index contributed by atoms with van der Waals surface area (Å²) >= 11 is 0.